The molecule has 0 radical (unpaired) electrons. The molecule has 5 heteroatoms. The Morgan fingerprint density at radius 3 is 2.90 bits per heavy atom. The minimum Gasteiger partial charge on any atom is -0.505 e. The number of hydrogen-bond donors (Lipinski definition) is 2. The third kappa shape index (κ3) is 2.33. The second-order valence-corrected chi connectivity index (χ2v) is 5.68. The van der Waals surface area contributed by atoms with Crippen molar-refractivity contribution in [2.45, 2.75) is 25.3 Å². The number of rotatable bonds is 1. The molecule has 1 aromatic rings. The zero-order valence-electron chi connectivity index (χ0n) is 11.6. The van der Waals surface area contributed by atoms with E-state index in [1.54, 1.807) is 18.2 Å². The molecule has 1 aromatic carbocycles. The number of hydrogen-bond acceptors (Lipinski definition) is 4. The van der Waals surface area contributed by atoms with Gasteiger partial charge in [0.15, 0.2) is 5.75 Å². The molecule has 1 atom stereocenters. The third-order valence-electron chi connectivity index (χ3n) is 4.39. The van der Waals surface area contributed by atoms with E-state index >= 15 is 0 Å². The van der Waals surface area contributed by atoms with E-state index in [-0.39, 0.29) is 17.3 Å². The highest BCUT2D eigenvalue weighted by molar-refractivity contribution is 5.98. The summed E-state index contributed by atoms with van der Waals surface area (Å²) in [7, 11) is 0. The Hall–Kier alpha value is -1.75. The highest BCUT2D eigenvalue weighted by Gasteiger charge is 2.31. The number of nitrogens with two attached hydrogens (primary N) is 1. The first kappa shape index (κ1) is 13.2. The Morgan fingerprint density at radius 2 is 2.05 bits per heavy atom. The molecule has 20 heavy (non-hydrogen) atoms. The van der Waals surface area contributed by atoms with Crippen molar-refractivity contribution in [2.75, 3.05) is 31.9 Å². The lowest BCUT2D eigenvalue weighted by molar-refractivity contribution is 0.0740. The topological polar surface area (TPSA) is 69.8 Å². The number of para-hydroxylation sites is 1. The minimum atomic E-state index is -0.108. The van der Waals surface area contributed by atoms with Gasteiger partial charge in [-0.2, -0.15) is 0 Å². The molecule has 2 fully saturated rings. The van der Waals surface area contributed by atoms with Crippen molar-refractivity contribution in [3.63, 3.8) is 0 Å². The van der Waals surface area contributed by atoms with Gasteiger partial charge in [-0.25, -0.2) is 0 Å². The molecule has 2 aliphatic rings. The summed E-state index contributed by atoms with van der Waals surface area (Å²) < 4.78 is 0. The molecule has 5 nitrogen and oxygen atoms in total. The summed E-state index contributed by atoms with van der Waals surface area (Å²) in [5, 5.41) is 9.97. The van der Waals surface area contributed by atoms with Crippen molar-refractivity contribution in [1.29, 1.82) is 0 Å². The summed E-state index contributed by atoms with van der Waals surface area (Å²) >= 11 is 0. The van der Waals surface area contributed by atoms with Crippen LogP contribution in [-0.4, -0.2) is 53.0 Å². The normalized spacial score (nSPS) is 23.4. The molecule has 3 rings (SSSR count). The predicted octanol–water partition coefficient (Wildman–Crippen LogP) is 1.28. The van der Waals surface area contributed by atoms with Gasteiger partial charge in [0.2, 0.25) is 0 Å². The van der Waals surface area contributed by atoms with Gasteiger partial charge in [-0.3, -0.25) is 9.69 Å². The smallest absolute Gasteiger partial charge is 0.257 e. The highest BCUT2D eigenvalue weighted by Crippen LogP contribution is 2.27. The lowest BCUT2D eigenvalue weighted by atomic mass is 10.1. The fraction of sp³-hybridized carbons (Fsp3) is 0.533. The SMILES string of the molecule is Nc1cccc(C(=O)N2CCCN3CCCC3C2)c1O. The maximum Gasteiger partial charge on any atom is 0.257 e. The number of aromatic hydroxyl groups is 1. The van der Waals surface area contributed by atoms with Crippen LogP contribution in [-0.2, 0) is 0 Å². The van der Waals surface area contributed by atoms with Crippen LogP contribution < -0.4 is 5.73 Å². The Labute approximate surface area is 119 Å². The van der Waals surface area contributed by atoms with Crippen LogP contribution in [0.15, 0.2) is 18.2 Å². The summed E-state index contributed by atoms with van der Waals surface area (Å²) in [6.45, 7) is 3.72. The third-order valence-corrected chi connectivity index (χ3v) is 4.39. The summed E-state index contributed by atoms with van der Waals surface area (Å²) in [5.74, 6) is -0.200. The molecule has 3 N–H and O–H groups in total. The summed E-state index contributed by atoms with van der Waals surface area (Å²) in [4.78, 5) is 17.0. The molecule has 0 spiro atoms. The lowest BCUT2D eigenvalue weighted by Crippen LogP contribution is -2.39. The predicted molar refractivity (Wildman–Crippen MR) is 77.6 cm³/mol. The first-order valence-corrected chi connectivity index (χ1v) is 7.27. The van der Waals surface area contributed by atoms with Crippen LogP contribution in [0.4, 0.5) is 5.69 Å². The van der Waals surface area contributed by atoms with E-state index in [1.807, 2.05) is 4.90 Å². The maximum absolute atomic E-state index is 12.6. The van der Waals surface area contributed by atoms with E-state index in [2.05, 4.69) is 4.90 Å². The van der Waals surface area contributed by atoms with Gasteiger partial charge < -0.3 is 15.7 Å². The molecule has 0 aliphatic carbocycles. The van der Waals surface area contributed by atoms with Gasteiger partial charge in [-0.05, 0) is 37.9 Å². The molecule has 2 saturated heterocycles. The van der Waals surface area contributed by atoms with Gasteiger partial charge >= 0.3 is 0 Å². The highest BCUT2D eigenvalue weighted by atomic mass is 16.3. The van der Waals surface area contributed by atoms with Crippen LogP contribution in [0.1, 0.15) is 29.6 Å². The second-order valence-electron chi connectivity index (χ2n) is 5.68. The van der Waals surface area contributed by atoms with Crippen LogP contribution in [0.25, 0.3) is 0 Å². The fourth-order valence-corrected chi connectivity index (χ4v) is 3.30. The van der Waals surface area contributed by atoms with E-state index in [1.165, 1.54) is 6.42 Å². The zero-order valence-corrected chi connectivity index (χ0v) is 11.6. The van der Waals surface area contributed by atoms with Gasteiger partial charge in [-0.1, -0.05) is 6.07 Å². The monoisotopic (exact) mass is 275 g/mol. The number of carbonyl (C=O) groups is 1. The molecule has 0 aromatic heterocycles. The van der Waals surface area contributed by atoms with Crippen LogP contribution in [0.5, 0.6) is 5.75 Å². The second kappa shape index (κ2) is 5.32. The Bertz CT molecular complexity index is 518. The number of benzene rings is 1. The van der Waals surface area contributed by atoms with Crippen molar-refractivity contribution >= 4 is 11.6 Å². The molecular formula is C15H21N3O2. The quantitative estimate of drug-likeness (QED) is 0.598. The van der Waals surface area contributed by atoms with E-state index in [4.69, 9.17) is 5.73 Å². The van der Waals surface area contributed by atoms with Crippen molar-refractivity contribution in [3.05, 3.63) is 23.8 Å². The number of amides is 1. The number of anilines is 1. The summed E-state index contributed by atoms with van der Waals surface area (Å²) in [6.07, 6.45) is 3.37. The van der Waals surface area contributed by atoms with Crippen molar-refractivity contribution in [3.8, 4) is 5.75 Å². The largest absolute Gasteiger partial charge is 0.505 e. The standard InChI is InChI=1S/C15H21N3O2/c16-13-6-1-5-12(14(13)19)15(20)18-9-3-8-17-7-2-4-11(17)10-18/h1,5-6,11,19H,2-4,7-10,16H2. The molecule has 2 aliphatic heterocycles. The van der Waals surface area contributed by atoms with E-state index in [0.29, 0.717) is 11.6 Å². The van der Waals surface area contributed by atoms with Crippen LogP contribution in [0, 0.1) is 0 Å². The number of carbonyl (C=O) groups excluding carboxylic acids is 1. The first-order valence-electron chi connectivity index (χ1n) is 7.27. The number of nitrogens with zero attached hydrogens (tertiary/aromatic N) is 2. The Kier molecular flexibility index (Phi) is 3.53. The van der Waals surface area contributed by atoms with Gasteiger partial charge in [-0.15, -0.1) is 0 Å². The lowest BCUT2D eigenvalue weighted by Gasteiger charge is -2.26. The molecule has 0 bridgehead atoms. The molecule has 2 heterocycles. The van der Waals surface area contributed by atoms with Crippen molar-refractivity contribution in [2.24, 2.45) is 0 Å². The number of nitrogen functional groups attached to an aromatic ring is 1. The molecule has 1 unspecified atom stereocenters. The Morgan fingerprint density at radius 1 is 1.25 bits per heavy atom. The Balaban J connectivity index is 1.81. The van der Waals surface area contributed by atoms with Crippen molar-refractivity contribution < 1.29 is 9.90 Å². The van der Waals surface area contributed by atoms with E-state index in [9.17, 15) is 9.90 Å². The summed E-state index contributed by atoms with van der Waals surface area (Å²) in [6, 6.07) is 5.44. The molecular weight excluding hydrogens is 254 g/mol. The van der Waals surface area contributed by atoms with Gasteiger partial charge in [0.1, 0.15) is 0 Å². The minimum absolute atomic E-state index is 0.0926. The van der Waals surface area contributed by atoms with E-state index < -0.39 is 0 Å². The van der Waals surface area contributed by atoms with Crippen LogP contribution >= 0.6 is 0 Å². The molecule has 1 amide bonds. The first-order chi connectivity index (χ1) is 9.66. The van der Waals surface area contributed by atoms with Gasteiger partial charge in [0.25, 0.3) is 5.91 Å². The van der Waals surface area contributed by atoms with Gasteiger partial charge in [0.05, 0.1) is 11.3 Å². The zero-order chi connectivity index (χ0) is 14.1. The van der Waals surface area contributed by atoms with Crippen LogP contribution in [0.3, 0.4) is 0 Å². The summed E-state index contributed by atoms with van der Waals surface area (Å²) in [5.41, 5.74) is 6.25. The van der Waals surface area contributed by atoms with Gasteiger partial charge in [0, 0.05) is 25.7 Å². The fourth-order valence-electron chi connectivity index (χ4n) is 3.30. The maximum atomic E-state index is 12.6. The number of fused-ring (bicyclic) bond motifs is 1. The van der Waals surface area contributed by atoms with Crippen LogP contribution in [0.2, 0.25) is 0 Å². The number of phenols is 1. The van der Waals surface area contributed by atoms with Crippen molar-refractivity contribution in [1.82, 2.24) is 9.80 Å². The number of phenolic OH excluding ortho intramolecular Hbond substituents is 1. The molecule has 0 saturated carbocycles. The molecule has 108 valence electrons. The average molecular weight is 275 g/mol. The average Bonchev–Trinajstić information content (AvgIpc) is 2.78. The van der Waals surface area contributed by atoms with E-state index in [0.717, 1.165) is 39.0 Å².